The number of carbonyl (C=O) groups is 1. The van der Waals surface area contributed by atoms with Crippen molar-refractivity contribution < 1.29 is 14.3 Å². The van der Waals surface area contributed by atoms with Crippen LogP contribution in [0.1, 0.15) is 23.6 Å². The van der Waals surface area contributed by atoms with Crippen molar-refractivity contribution in [2.45, 2.75) is 18.9 Å². The summed E-state index contributed by atoms with van der Waals surface area (Å²) in [6, 6.07) is 8.39. The van der Waals surface area contributed by atoms with Crippen LogP contribution in [-0.4, -0.2) is 32.8 Å². The van der Waals surface area contributed by atoms with Crippen LogP contribution < -0.4 is 5.32 Å². The van der Waals surface area contributed by atoms with Crippen molar-refractivity contribution in [3.8, 4) is 0 Å². The Morgan fingerprint density at radius 3 is 3.06 bits per heavy atom. The fourth-order valence-corrected chi connectivity index (χ4v) is 2.25. The fourth-order valence-electron chi connectivity index (χ4n) is 2.25. The predicted octanol–water partition coefficient (Wildman–Crippen LogP) is 1.45. The van der Waals surface area contributed by atoms with Crippen LogP contribution in [0.4, 0.5) is 0 Å². The zero-order valence-electron chi connectivity index (χ0n) is 10.6. The van der Waals surface area contributed by atoms with E-state index in [1.54, 1.807) is 7.11 Å². The lowest BCUT2D eigenvalue weighted by atomic mass is 10.1. The average molecular weight is 249 g/mol. The first-order valence-electron chi connectivity index (χ1n) is 6.25. The van der Waals surface area contributed by atoms with Gasteiger partial charge in [0.1, 0.15) is 6.61 Å². The van der Waals surface area contributed by atoms with Crippen LogP contribution in [0.3, 0.4) is 0 Å². The van der Waals surface area contributed by atoms with Crippen molar-refractivity contribution in [1.82, 2.24) is 5.32 Å². The van der Waals surface area contributed by atoms with Crippen LogP contribution in [0.15, 0.2) is 24.3 Å². The number of ether oxygens (including phenoxy) is 2. The van der Waals surface area contributed by atoms with Gasteiger partial charge >= 0.3 is 0 Å². The number of hydrogen-bond donors (Lipinski definition) is 1. The van der Waals surface area contributed by atoms with Gasteiger partial charge in [0.05, 0.1) is 19.3 Å². The molecule has 0 saturated heterocycles. The molecular weight excluding hydrogens is 230 g/mol. The van der Waals surface area contributed by atoms with E-state index < -0.39 is 0 Å². The number of methoxy groups -OCH3 is 1. The summed E-state index contributed by atoms with van der Waals surface area (Å²) in [5.74, 6) is -0.0622. The van der Waals surface area contributed by atoms with Crippen molar-refractivity contribution in [1.29, 1.82) is 0 Å². The van der Waals surface area contributed by atoms with Gasteiger partial charge in [-0.05, 0) is 24.0 Å². The van der Waals surface area contributed by atoms with Gasteiger partial charge in [0.25, 0.3) is 0 Å². The van der Waals surface area contributed by atoms with Gasteiger partial charge in [-0.1, -0.05) is 24.3 Å². The molecule has 1 amide bonds. The number of amides is 1. The van der Waals surface area contributed by atoms with Crippen LogP contribution in [0.25, 0.3) is 0 Å². The summed E-state index contributed by atoms with van der Waals surface area (Å²) in [5, 5.41) is 3.01. The van der Waals surface area contributed by atoms with Gasteiger partial charge in [0.2, 0.25) is 5.91 Å². The molecule has 18 heavy (non-hydrogen) atoms. The molecule has 1 aliphatic rings. The van der Waals surface area contributed by atoms with Gasteiger partial charge in [0, 0.05) is 7.11 Å². The van der Waals surface area contributed by atoms with E-state index in [9.17, 15) is 4.79 Å². The highest BCUT2D eigenvalue weighted by molar-refractivity contribution is 5.77. The Balaban J connectivity index is 1.79. The molecule has 98 valence electrons. The van der Waals surface area contributed by atoms with Crippen molar-refractivity contribution in [2.75, 3.05) is 26.9 Å². The molecule has 0 aromatic heterocycles. The number of nitrogens with one attached hydrogen (secondary N) is 1. The number of rotatable bonds is 6. The largest absolute Gasteiger partial charge is 0.382 e. The Morgan fingerprint density at radius 2 is 2.22 bits per heavy atom. The van der Waals surface area contributed by atoms with Crippen molar-refractivity contribution in [3.05, 3.63) is 35.4 Å². The summed E-state index contributed by atoms with van der Waals surface area (Å²) in [6.07, 6.45) is 2.01. The summed E-state index contributed by atoms with van der Waals surface area (Å²) in [5.41, 5.74) is 2.57. The Morgan fingerprint density at radius 1 is 1.39 bits per heavy atom. The lowest BCUT2D eigenvalue weighted by Crippen LogP contribution is -2.31. The van der Waals surface area contributed by atoms with Gasteiger partial charge in [-0.3, -0.25) is 4.79 Å². The average Bonchev–Trinajstić information content (AvgIpc) is 2.78. The Kier molecular flexibility index (Phi) is 4.73. The molecule has 1 atom stereocenters. The molecule has 2 rings (SSSR count). The predicted molar refractivity (Wildman–Crippen MR) is 68.3 cm³/mol. The lowest BCUT2D eigenvalue weighted by molar-refractivity contribution is -0.126. The van der Waals surface area contributed by atoms with E-state index in [1.807, 2.05) is 12.1 Å². The molecule has 0 bridgehead atoms. The van der Waals surface area contributed by atoms with Crippen LogP contribution in [0.2, 0.25) is 0 Å². The van der Waals surface area contributed by atoms with E-state index >= 15 is 0 Å². The molecule has 0 heterocycles. The number of aryl methyl sites for hydroxylation is 1. The van der Waals surface area contributed by atoms with Crippen molar-refractivity contribution in [2.24, 2.45) is 0 Å². The molecule has 0 aliphatic heterocycles. The number of fused-ring (bicyclic) bond motifs is 1. The smallest absolute Gasteiger partial charge is 0.246 e. The Labute approximate surface area is 107 Å². The van der Waals surface area contributed by atoms with E-state index in [0.29, 0.717) is 13.2 Å². The zero-order valence-corrected chi connectivity index (χ0v) is 10.6. The van der Waals surface area contributed by atoms with E-state index in [0.717, 1.165) is 12.8 Å². The zero-order chi connectivity index (χ0) is 12.8. The van der Waals surface area contributed by atoms with Crippen molar-refractivity contribution in [3.63, 3.8) is 0 Å². The molecular formula is C14H19NO3. The summed E-state index contributed by atoms with van der Waals surface area (Å²) in [6.45, 7) is 1.06. The second kappa shape index (κ2) is 6.52. The minimum absolute atomic E-state index is 0.0622. The summed E-state index contributed by atoms with van der Waals surface area (Å²) in [7, 11) is 1.61. The summed E-state index contributed by atoms with van der Waals surface area (Å²) in [4.78, 5) is 11.7. The van der Waals surface area contributed by atoms with Gasteiger partial charge in [0.15, 0.2) is 0 Å². The normalized spacial score (nSPS) is 17.5. The molecule has 0 radical (unpaired) electrons. The van der Waals surface area contributed by atoms with E-state index in [-0.39, 0.29) is 18.6 Å². The second-order valence-electron chi connectivity index (χ2n) is 4.40. The van der Waals surface area contributed by atoms with Gasteiger partial charge in [-0.2, -0.15) is 0 Å². The SMILES string of the molecule is COCCOCC(=O)NC1CCc2ccccc21. The Bertz CT molecular complexity index is 406. The van der Waals surface area contributed by atoms with Crippen LogP contribution >= 0.6 is 0 Å². The summed E-state index contributed by atoms with van der Waals surface area (Å²) < 4.78 is 10.0. The molecule has 0 fully saturated rings. The quantitative estimate of drug-likeness (QED) is 0.776. The highest BCUT2D eigenvalue weighted by Crippen LogP contribution is 2.30. The van der Waals surface area contributed by atoms with Gasteiger partial charge in [-0.25, -0.2) is 0 Å². The number of carbonyl (C=O) groups excluding carboxylic acids is 1. The Hall–Kier alpha value is -1.39. The number of benzene rings is 1. The standard InChI is InChI=1S/C14H19NO3/c1-17-8-9-18-10-14(16)15-13-7-6-11-4-2-3-5-12(11)13/h2-5,13H,6-10H2,1H3,(H,15,16). The van der Waals surface area contributed by atoms with Crippen LogP contribution in [-0.2, 0) is 20.7 Å². The molecule has 1 aromatic rings. The monoisotopic (exact) mass is 249 g/mol. The molecule has 0 spiro atoms. The van der Waals surface area contributed by atoms with Crippen LogP contribution in [0.5, 0.6) is 0 Å². The molecule has 1 aliphatic carbocycles. The maximum Gasteiger partial charge on any atom is 0.246 e. The third kappa shape index (κ3) is 3.31. The molecule has 4 heteroatoms. The van der Waals surface area contributed by atoms with E-state index in [2.05, 4.69) is 17.4 Å². The lowest BCUT2D eigenvalue weighted by Gasteiger charge is -2.14. The summed E-state index contributed by atoms with van der Waals surface area (Å²) >= 11 is 0. The maximum absolute atomic E-state index is 11.7. The van der Waals surface area contributed by atoms with Crippen molar-refractivity contribution >= 4 is 5.91 Å². The highest BCUT2D eigenvalue weighted by atomic mass is 16.5. The molecule has 1 unspecified atom stereocenters. The van der Waals surface area contributed by atoms with E-state index in [1.165, 1.54) is 11.1 Å². The third-order valence-electron chi connectivity index (χ3n) is 3.13. The molecule has 1 N–H and O–H groups in total. The first kappa shape index (κ1) is 13.1. The minimum Gasteiger partial charge on any atom is -0.382 e. The molecule has 4 nitrogen and oxygen atoms in total. The second-order valence-corrected chi connectivity index (χ2v) is 4.40. The van der Waals surface area contributed by atoms with E-state index in [4.69, 9.17) is 9.47 Å². The first-order chi connectivity index (χ1) is 8.81. The van der Waals surface area contributed by atoms with Gasteiger partial charge in [-0.15, -0.1) is 0 Å². The van der Waals surface area contributed by atoms with Crippen LogP contribution in [0, 0.1) is 0 Å². The third-order valence-corrected chi connectivity index (χ3v) is 3.13. The number of hydrogen-bond acceptors (Lipinski definition) is 3. The minimum atomic E-state index is -0.0622. The first-order valence-corrected chi connectivity index (χ1v) is 6.25. The fraction of sp³-hybridized carbons (Fsp3) is 0.500. The topological polar surface area (TPSA) is 47.6 Å². The molecule has 0 saturated carbocycles. The highest BCUT2D eigenvalue weighted by Gasteiger charge is 2.23. The maximum atomic E-state index is 11.7. The van der Waals surface area contributed by atoms with Gasteiger partial charge < -0.3 is 14.8 Å². The molecule has 1 aromatic carbocycles.